The summed E-state index contributed by atoms with van der Waals surface area (Å²) < 4.78 is 5.49. The van der Waals surface area contributed by atoms with Gasteiger partial charge in [0.1, 0.15) is 5.75 Å². The fourth-order valence-corrected chi connectivity index (χ4v) is 1.77. The van der Waals surface area contributed by atoms with E-state index in [-0.39, 0.29) is 24.7 Å². The molecule has 0 aliphatic heterocycles. The molecule has 0 radical (unpaired) electrons. The van der Waals surface area contributed by atoms with E-state index < -0.39 is 5.97 Å². The van der Waals surface area contributed by atoms with Gasteiger partial charge in [0, 0.05) is 19.4 Å². The smallest absolute Gasteiger partial charge is 0.303 e. The van der Waals surface area contributed by atoms with Crippen molar-refractivity contribution in [3.63, 3.8) is 0 Å². The van der Waals surface area contributed by atoms with Crippen molar-refractivity contribution in [3.05, 3.63) is 30.3 Å². The van der Waals surface area contributed by atoms with Crippen LogP contribution in [0.4, 0.5) is 0 Å². The number of carboxylic acid groups (broad SMARTS) is 1. The van der Waals surface area contributed by atoms with Crippen LogP contribution in [0.25, 0.3) is 0 Å². The van der Waals surface area contributed by atoms with Gasteiger partial charge in [0.25, 0.3) is 0 Å². The number of nitrogens with one attached hydrogen (secondary N) is 1. The van der Waals surface area contributed by atoms with Crippen LogP contribution in [-0.2, 0) is 9.59 Å². The lowest BCUT2D eigenvalue weighted by Crippen LogP contribution is -2.27. The van der Waals surface area contributed by atoms with Gasteiger partial charge in [-0.15, -0.1) is 0 Å². The molecule has 0 spiro atoms. The Hall–Kier alpha value is -2.04. The molecule has 5 nitrogen and oxygen atoms in total. The van der Waals surface area contributed by atoms with Crippen LogP contribution in [-0.4, -0.2) is 30.1 Å². The van der Waals surface area contributed by atoms with Crippen molar-refractivity contribution >= 4 is 11.9 Å². The van der Waals surface area contributed by atoms with Gasteiger partial charge >= 0.3 is 5.97 Å². The number of hydrogen-bond acceptors (Lipinski definition) is 3. The molecule has 1 amide bonds. The highest BCUT2D eigenvalue weighted by molar-refractivity contribution is 5.77. The van der Waals surface area contributed by atoms with Gasteiger partial charge < -0.3 is 15.2 Å². The summed E-state index contributed by atoms with van der Waals surface area (Å²) in [4.78, 5) is 22.0. The molecule has 0 bridgehead atoms. The van der Waals surface area contributed by atoms with Crippen molar-refractivity contribution in [3.8, 4) is 5.75 Å². The summed E-state index contributed by atoms with van der Waals surface area (Å²) in [5, 5.41) is 11.4. The molecule has 2 N–H and O–H groups in total. The Labute approximate surface area is 118 Å². The van der Waals surface area contributed by atoms with Crippen LogP contribution in [0.15, 0.2) is 30.3 Å². The number of para-hydroxylation sites is 1. The Morgan fingerprint density at radius 2 is 1.95 bits per heavy atom. The van der Waals surface area contributed by atoms with Gasteiger partial charge in [-0.05, 0) is 24.5 Å². The van der Waals surface area contributed by atoms with E-state index in [4.69, 9.17) is 9.84 Å². The second-order valence-electron chi connectivity index (χ2n) is 4.77. The number of ether oxygens (including phenoxy) is 1. The van der Waals surface area contributed by atoms with Gasteiger partial charge in [-0.1, -0.05) is 25.1 Å². The predicted octanol–water partition coefficient (Wildman–Crippen LogP) is 2.07. The molecular weight excluding hydrogens is 258 g/mol. The number of amides is 1. The van der Waals surface area contributed by atoms with Gasteiger partial charge in [0.05, 0.1) is 6.61 Å². The van der Waals surface area contributed by atoms with Gasteiger partial charge in [-0.3, -0.25) is 9.59 Å². The molecule has 0 saturated heterocycles. The molecule has 1 rings (SSSR count). The molecule has 1 unspecified atom stereocenters. The zero-order valence-electron chi connectivity index (χ0n) is 11.7. The molecule has 0 aliphatic carbocycles. The summed E-state index contributed by atoms with van der Waals surface area (Å²) in [6, 6.07) is 9.49. The molecule has 0 saturated carbocycles. The number of benzene rings is 1. The first-order valence-electron chi connectivity index (χ1n) is 6.74. The lowest BCUT2D eigenvalue weighted by atomic mass is 10.0. The molecule has 0 aromatic heterocycles. The normalized spacial score (nSPS) is 11.7. The SMILES string of the molecule is CC(CC(=O)O)CC(=O)NCCCOc1ccccc1. The fourth-order valence-electron chi connectivity index (χ4n) is 1.77. The van der Waals surface area contributed by atoms with E-state index >= 15 is 0 Å². The summed E-state index contributed by atoms with van der Waals surface area (Å²) in [6.07, 6.45) is 0.977. The van der Waals surface area contributed by atoms with Crippen LogP contribution in [0.5, 0.6) is 5.75 Å². The largest absolute Gasteiger partial charge is 0.494 e. The monoisotopic (exact) mass is 279 g/mol. The quantitative estimate of drug-likeness (QED) is 0.679. The predicted molar refractivity (Wildman–Crippen MR) is 75.6 cm³/mol. The fraction of sp³-hybridized carbons (Fsp3) is 0.467. The Morgan fingerprint density at radius 1 is 1.25 bits per heavy atom. The first-order valence-corrected chi connectivity index (χ1v) is 6.74. The van der Waals surface area contributed by atoms with Crippen LogP contribution in [0, 0.1) is 5.92 Å². The van der Waals surface area contributed by atoms with Crippen LogP contribution in [0.3, 0.4) is 0 Å². The van der Waals surface area contributed by atoms with Gasteiger partial charge in [-0.2, -0.15) is 0 Å². The van der Waals surface area contributed by atoms with E-state index in [0.29, 0.717) is 19.6 Å². The molecule has 0 fully saturated rings. The first-order chi connectivity index (χ1) is 9.58. The van der Waals surface area contributed by atoms with E-state index in [9.17, 15) is 9.59 Å². The van der Waals surface area contributed by atoms with Gasteiger partial charge in [0.15, 0.2) is 0 Å². The summed E-state index contributed by atoms with van der Waals surface area (Å²) in [6.45, 7) is 2.83. The average molecular weight is 279 g/mol. The lowest BCUT2D eigenvalue weighted by Gasteiger charge is -2.10. The Balaban J connectivity index is 2.06. The Bertz CT molecular complexity index is 419. The Morgan fingerprint density at radius 3 is 2.60 bits per heavy atom. The average Bonchev–Trinajstić information content (AvgIpc) is 2.38. The summed E-state index contributed by atoms with van der Waals surface area (Å²) in [7, 11) is 0. The molecule has 5 heteroatoms. The third-order valence-corrected chi connectivity index (χ3v) is 2.71. The molecule has 0 aliphatic rings. The number of carboxylic acids is 1. The van der Waals surface area contributed by atoms with E-state index in [2.05, 4.69) is 5.32 Å². The van der Waals surface area contributed by atoms with Gasteiger partial charge in [-0.25, -0.2) is 0 Å². The molecule has 1 atom stereocenters. The second kappa shape index (κ2) is 8.96. The molecule has 1 aromatic carbocycles. The second-order valence-corrected chi connectivity index (χ2v) is 4.77. The maximum Gasteiger partial charge on any atom is 0.303 e. The topological polar surface area (TPSA) is 75.6 Å². The van der Waals surface area contributed by atoms with Crippen LogP contribution in [0.1, 0.15) is 26.2 Å². The van der Waals surface area contributed by atoms with Crippen molar-refractivity contribution in [2.45, 2.75) is 26.2 Å². The zero-order valence-corrected chi connectivity index (χ0v) is 11.7. The maximum absolute atomic E-state index is 11.5. The zero-order chi connectivity index (χ0) is 14.8. The highest BCUT2D eigenvalue weighted by Crippen LogP contribution is 2.08. The molecule has 0 heterocycles. The molecule has 110 valence electrons. The van der Waals surface area contributed by atoms with Crippen LogP contribution < -0.4 is 10.1 Å². The van der Waals surface area contributed by atoms with Gasteiger partial charge in [0.2, 0.25) is 5.91 Å². The van der Waals surface area contributed by atoms with E-state index in [0.717, 1.165) is 5.75 Å². The van der Waals surface area contributed by atoms with Crippen molar-refractivity contribution in [2.24, 2.45) is 5.92 Å². The minimum Gasteiger partial charge on any atom is -0.494 e. The number of carbonyl (C=O) groups is 2. The lowest BCUT2D eigenvalue weighted by molar-refractivity contribution is -0.138. The number of carbonyl (C=O) groups excluding carboxylic acids is 1. The van der Waals surface area contributed by atoms with Crippen LogP contribution in [0.2, 0.25) is 0 Å². The third kappa shape index (κ3) is 7.41. The molecular formula is C15H21NO4. The minimum atomic E-state index is -0.874. The van der Waals surface area contributed by atoms with Crippen molar-refractivity contribution < 1.29 is 19.4 Å². The van der Waals surface area contributed by atoms with Crippen molar-refractivity contribution in [1.29, 1.82) is 0 Å². The third-order valence-electron chi connectivity index (χ3n) is 2.71. The highest BCUT2D eigenvalue weighted by atomic mass is 16.5. The first kappa shape index (κ1) is 16.0. The Kier molecular flexibility index (Phi) is 7.17. The summed E-state index contributed by atoms with van der Waals surface area (Å²) in [5.41, 5.74) is 0. The van der Waals surface area contributed by atoms with E-state index in [1.165, 1.54) is 0 Å². The number of aliphatic carboxylic acids is 1. The van der Waals surface area contributed by atoms with E-state index in [1.807, 2.05) is 30.3 Å². The number of hydrogen-bond donors (Lipinski definition) is 2. The molecule has 20 heavy (non-hydrogen) atoms. The van der Waals surface area contributed by atoms with Crippen molar-refractivity contribution in [1.82, 2.24) is 5.32 Å². The number of rotatable bonds is 9. The summed E-state index contributed by atoms with van der Waals surface area (Å²) >= 11 is 0. The van der Waals surface area contributed by atoms with Crippen molar-refractivity contribution in [2.75, 3.05) is 13.2 Å². The summed E-state index contributed by atoms with van der Waals surface area (Å²) in [5.74, 6) is -0.318. The highest BCUT2D eigenvalue weighted by Gasteiger charge is 2.11. The van der Waals surface area contributed by atoms with E-state index in [1.54, 1.807) is 6.92 Å². The maximum atomic E-state index is 11.5. The standard InChI is InChI=1S/C15H21NO4/c1-12(11-15(18)19)10-14(17)16-8-5-9-20-13-6-3-2-4-7-13/h2-4,6-7,12H,5,8-11H2,1H3,(H,16,17)(H,18,19). The van der Waals surface area contributed by atoms with Crippen LogP contribution >= 0.6 is 0 Å². The molecule has 1 aromatic rings. The minimum absolute atomic E-state index is 0.0184.